The lowest BCUT2D eigenvalue weighted by atomic mass is 10.2. The summed E-state index contributed by atoms with van der Waals surface area (Å²) in [6.45, 7) is 2.86. The van der Waals surface area contributed by atoms with Gasteiger partial charge in [0.15, 0.2) is 0 Å². The Morgan fingerprint density at radius 3 is 3.06 bits per heavy atom. The van der Waals surface area contributed by atoms with Crippen LogP contribution in [0.5, 0.6) is 0 Å². The first-order valence-electron chi connectivity index (χ1n) is 5.06. The fourth-order valence-corrected chi connectivity index (χ4v) is 1.87. The zero-order chi connectivity index (χ0) is 12.0. The van der Waals surface area contributed by atoms with Gasteiger partial charge in [-0.2, -0.15) is 0 Å². The molecule has 1 atom stereocenters. The standard InChI is InChI=1S/C10H17N3O2S/c1-7-6-16-9(13-7)5-12-10(14)8(11)3-4-15-2/h6,8H,3-5,11H2,1-2H3,(H,12,14). The highest BCUT2D eigenvalue weighted by Crippen LogP contribution is 2.07. The van der Waals surface area contributed by atoms with E-state index in [2.05, 4.69) is 10.3 Å². The van der Waals surface area contributed by atoms with Gasteiger partial charge < -0.3 is 15.8 Å². The number of carbonyl (C=O) groups excluding carboxylic acids is 1. The van der Waals surface area contributed by atoms with Crippen molar-refractivity contribution in [3.63, 3.8) is 0 Å². The monoisotopic (exact) mass is 243 g/mol. The van der Waals surface area contributed by atoms with Gasteiger partial charge in [-0.25, -0.2) is 4.98 Å². The van der Waals surface area contributed by atoms with Crippen LogP contribution in [0, 0.1) is 6.92 Å². The lowest BCUT2D eigenvalue weighted by molar-refractivity contribution is -0.122. The van der Waals surface area contributed by atoms with Crippen LogP contribution in [0.4, 0.5) is 0 Å². The van der Waals surface area contributed by atoms with Crippen LogP contribution >= 0.6 is 11.3 Å². The number of hydrogen-bond donors (Lipinski definition) is 2. The highest BCUT2D eigenvalue weighted by atomic mass is 32.1. The Labute approximate surface area is 99.0 Å². The number of carbonyl (C=O) groups is 1. The van der Waals surface area contributed by atoms with Crippen molar-refractivity contribution in [1.82, 2.24) is 10.3 Å². The number of thiazole rings is 1. The summed E-state index contributed by atoms with van der Waals surface area (Å²) in [5.41, 5.74) is 6.63. The van der Waals surface area contributed by atoms with E-state index in [1.54, 1.807) is 7.11 Å². The zero-order valence-electron chi connectivity index (χ0n) is 9.53. The predicted molar refractivity (Wildman–Crippen MR) is 63.2 cm³/mol. The molecular formula is C10H17N3O2S. The van der Waals surface area contributed by atoms with Gasteiger partial charge in [-0.15, -0.1) is 11.3 Å². The van der Waals surface area contributed by atoms with Crippen LogP contribution in [-0.4, -0.2) is 30.6 Å². The first kappa shape index (κ1) is 13.1. The molecule has 0 aliphatic rings. The van der Waals surface area contributed by atoms with Crippen LogP contribution in [0.1, 0.15) is 17.1 Å². The average Bonchev–Trinajstić information content (AvgIpc) is 2.68. The Kier molecular flexibility index (Phi) is 5.37. The highest BCUT2D eigenvalue weighted by Gasteiger charge is 2.12. The largest absolute Gasteiger partial charge is 0.385 e. The summed E-state index contributed by atoms with van der Waals surface area (Å²) in [4.78, 5) is 15.8. The number of aromatic nitrogens is 1. The van der Waals surface area contributed by atoms with Crippen LogP contribution in [-0.2, 0) is 16.1 Å². The van der Waals surface area contributed by atoms with Gasteiger partial charge in [0.25, 0.3) is 0 Å². The topological polar surface area (TPSA) is 77.2 Å². The molecule has 1 aromatic heterocycles. The fraction of sp³-hybridized carbons (Fsp3) is 0.600. The lowest BCUT2D eigenvalue weighted by Crippen LogP contribution is -2.40. The van der Waals surface area contributed by atoms with Crippen molar-refractivity contribution >= 4 is 17.2 Å². The second kappa shape index (κ2) is 6.57. The van der Waals surface area contributed by atoms with E-state index in [-0.39, 0.29) is 5.91 Å². The molecule has 0 spiro atoms. The Morgan fingerprint density at radius 2 is 2.50 bits per heavy atom. The average molecular weight is 243 g/mol. The van der Waals surface area contributed by atoms with Crippen LogP contribution in [0.2, 0.25) is 0 Å². The van der Waals surface area contributed by atoms with Gasteiger partial charge in [0.2, 0.25) is 5.91 Å². The normalized spacial score (nSPS) is 12.4. The molecule has 1 rings (SSSR count). The highest BCUT2D eigenvalue weighted by molar-refractivity contribution is 7.09. The third-order valence-corrected chi connectivity index (χ3v) is 3.02. The van der Waals surface area contributed by atoms with E-state index in [0.29, 0.717) is 19.6 Å². The molecule has 0 bridgehead atoms. The fourth-order valence-electron chi connectivity index (χ4n) is 1.15. The van der Waals surface area contributed by atoms with Crippen molar-refractivity contribution in [2.45, 2.75) is 25.9 Å². The minimum atomic E-state index is -0.513. The van der Waals surface area contributed by atoms with E-state index < -0.39 is 6.04 Å². The Balaban J connectivity index is 2.29. The van der Waals surface area contributed by atoms with Gasteiger partial charge >= 0.3 is 0 Å². The summed E-state index contributed by atoms with van der Waals surface area (Å²) in [5, 5.41) is 5.59. The van der Waals surface area contributed by atoms with Crippen molar-refractivity contribution in [1.29, 1.82) is 0 Å². The summed E-state index contributed by atoms with van der Waals surface area (Å²) in [6, 6.07) is -0.513. The molecule has 1 aromatic rings. The van der Waals surface area contributed by atoms with Crippen molar-refractivity contribution < 1.29 is 9.53 Å². The number of rotatable bonds is 6. The maximum absolute atomic E-state index is 11.5. The second-order valence-corrected chi connectivity index (χ2v) is 4.43. The molecule has 5 nitrogen and oxygen atoms in total. The molecule has 0 aliphatic heterocycles. The lowest BCUT2D eigenvalue weighted by Gasteiger charge is -2.10. The third kappa shape index (κ3) is 4.26. The van der Waals surface area contributed by atoms with Crippen LogP contribution < -0.4 is 11.1 Å². The maximum atomic E-state index is 11.5. The van der Waals surface area contributed by atoms with Crippen molar-refractivity contribution in [3.05, 3.63) is 16.1 Å². The Morgan fingerprint density at radius 1 is 1.75 bits per heavy atom. The minimum Gasteiger partial charge on any atom is -0.385 e. The van der Waals surface area contributed by atoms with Gasteiger partial charge in [0.1, 0.15) is 5.01 Å². The number of methoxy groups -OCH3 is 1. The molecule has 1 heterocycles. The van der Waals surface area contributed by atoms with Crippen LogP contribution in [0.3, 0.4) is 0 Å². The van der Waals surface area contributed by atoms with Crippen molar-refractivity contribution in [3.8, 4) is 0 Å². The SMILES string of the molecule is COCCC(N)C(=O)NCc1nc(C)cs1. The summed E-state index contributed by atoms with van der Waals surface area (Å²) in [6.07, 6.45) is 0.527. The number of nitrogens with two attached hydrogens (primary N) is 1. The molecule has 1 amide bonds. The molecule has 0 aliphatic carbocycles. The van der Waals surface area contributed by atoms with Gasteiger partial charge in [-0.05, 0) is 13.3 Å². The number of nitrogens with zero attached hydrogens (tertiary/aromatic N) is 1. The van der Waals surface area contributed by atoms with Crippen molar-refractivity contribution in [2.75, 3.05) is 13.7 Å². The first-order chi connectivity index (χ1) is 7.63. The summed E-state index contributed by atoms with van der Waals surface area (Å²) in [5.74, 6) is -0.162. The maximum Gasteiger partial charge on any atom is 0.237 e. The van der Waals surface area contributed by atoms with E-state index >= 15 is 0 Å². The molecule has 16 heavy (non-hydrogen) atoms. The molecule has 0 radical (unpaired) electrons. The molecular weight excluding hydrogens is 226 g/mol. The third-order valence-electron chi connectivity index (χ3n) is 2.05. The zero-order valence-corrected chi connectivity index (χ0v) is 10.3. The molecule has 1 unspecified atom stereocenters. The van der Waals surface area contributed by atoms with E-state index in [4.69, 9.17) is 10.5 Å². The van der Waals surface area contributed by atoms with Crippen LogP contribution in [0.15, 0.2) is 5.38 Å². The molecule has 90 valence electrons. The smallest absolute Gasteiger partial charge is 0.237 e. The predicted octanol–water partition coefficient (Wildman–Crippen LogP) is 0.432. The Bertz CT molecular complexity index is 341. The number of nitrogens with one attached hydrogen (secondary N) is 1. The summed E-state index contributed by atoms with van der Waals surface area (Å²) in [7, 11) is 1.59. The molecule has 0 aromatic carbocycles. The number of aryl methyl sites for hydroxylation is 1. The second-order valence-electron chi connectivity index (χ2n) is 3.49. The van der Waals surface area contributed by atoms with E-state index in [1.807, 2.05) is 12.3 Å². The summed E-state index contributed by atoms with van der Waals surface area (Å²) < 4.78 is 4.86. The van der Waals surface area contributed by atoms with Crippen LogP contribution in [0.25, 0.3) is 0 Å². The van der Waals surface area contributed by atoms with Gasteiger partial charge in [-0.1, -0.05) is 0 Å². The van der Waals surface area contributed by atoms with Gasteiger partial charge in [0, 0.05) is 24.8 Å². The minimum absolute atomic E-state index is 0.162. The molecule has 0 saturated heterocycles. The van der Waals surface area contributed by atoms with E-state index in [1.165, 1.54) is 11.3 Å². The number of hydrogen-bond acceptors (Lipinski definition) is 5. The van der Waals surface area contributed by atoms with E-state index in [9.17, 15) is 4.79 Å². The molecule has 6 heteroatoms. The van der Waals surface area contributed by atoms with Gasteiger partial charge in [0.05, 0.1) is 12.6 Å². The molecule has 0 saturated carbocycles. The number of ether oxygens (including phenoxy) is 1. The molecule has 0 fully saturated rings. The van der Waals surface area contributed by atoms with Gasteiger partial charge in [-0.3, -0.25) is 4.79 Å². The Hall–Kier alpha value is -0.980. The first-order valence-corrected chi connectivity index (χ1v) is 5.94. The quantitative estimate of drug-likeness (QED) is 0.759. The molecule has 3 N–H and O–H groups in total. The van der Waals surface area contributed by atoms with E-state index in [0.717, 1.165) is 10.7 Å². The van der Waals surface area contributed by atoms with Crippen molar-refractivity contribution in [2.24, 2.45) is 5.73 Å². The summed E-state index contributed by atoms with van der Waals surface area (Å²) >= 11 is 1.53. The number of amides is 1.